The molecule has 1 heterocycles. The van der Waals surface area contributed by atoms with E-state index in [1.54, 1.807) is 19.1 Å². The minimum Gasteiger partial charge on any atom is -0.480 e. The predicted octanol–water partition coefficient (Wildman–Crippen LogP) is 3.50. The minimum absolute atomic E-state index is 0.245. The zero-order valence-electron chi connectivity index (χ0n) is 13.3. The Kier molecular flexibility index (Phi) is 4.28. The largest absolute Gasteiger partial charge is 0.480 e. The molecule has 0 spiro atoms. The van der Waals surface area contributed by atoms with Gasteiger partial charge in [-0.15, -0.1) is 0 Å². The zero-order chi connectivity index (χ0) is 16.4. The Balaban J connectivity index is 2.15. The van der Waals surface area contributed by atoms with Crippen LogP contribution < -0.4 is 4.74 Å². The van der Waals surface area contributed by atoms with E-state index in [4.69, 9.17) is 9.47 Å². The van der Waals surface area contributed by atoms with E-state index >= 15 is 0 Å². The van der Waals surface area contributed by atoms with Crippen LogP contribution in [0.5, 0.6) is 5.88 Å². The van der Waals surface area contributed by atoms with Gasteiger partial charge in [0.05, 0.1) is 19.2 Å². The molecule has 1 fully saturated rings. The van der Waals surface area contributed by atoms with E-state index in [-0.39, 0.29) is 18.1 Å². The molecular formula is C18H19NO4. The number of pyridine rings is 1. The number of methoxy groups -OCH3 is 1. The van der Waals surface area contributed by atoms with Crippen molar-refractivity contribution in [2.45, 2.75) is 32.1 Å². The molecule has 1 saturated carbocycles. The summed E-state index contributed by atoms with van der Waals surface area (Å²) in [5.74, 6) is 0.195. The lowest BCUT2D eigenvalue weighted by Crippen LogP contribution is -2.12. The molecule has 120 valence electrons. The number of nitrogens with zero attached hydrogens (tertiary/aromatic N) is 1. The summed E-state index contributed by atoms with van der Waals surface area (Å²) >= 11 is 0. The van der Waals surface area contributed by atoms with Crippen molar-refractivity contribution >= 4 is 23.2 Å². The molecule has 0 atom stereocenters. The standard InChI is InChI=1S/C18H19NO4/c1-3-23-18(21)15-8-12-7-13(10-20)14(11-5-4-6-11)9-16(12)19-17(15)22-2/h7-11H,3-6H2,1-2H3. The van der Waals surface area contributed by atoms with E-state index < -0.39 is 5.97 Å². The first-order valence-corrected chi connectivity index (χ1v) is 7.83. The topological polar surface area (TPSA) is 65.5 Å². The predicted molar refractivity (Wildman–Crippen MR) is 86.2 cm³/mol. The van der Waals surface area contributed by atoms with Crippen molar-refractivity contribution in [3.8, 4) is 5.88 Å². The second-order valence-electron chi connectivity index (χ2n) is 5.69. The van der Waals surface area contributed by atoms with Gasteiger partial charge in [-0.05, 0) is 49.4 Å². The molecule has 5 heteroatoms. The number of hydrogen-bond acceptors (Lipinski definition) is 5. The first-order valence-electron chi connectivity index (χ1n) is 7.83. The lowest BCUT2D eigenvalue weighted by Gasteiger charge is -2.27. The van der Waals surface area contributed by atoms with Crippen LogP contribution in [-0.4, -0.2) is 31.0 Å². The van der Waals surface area contributed by atoms with E-state index in [9.17, 15) is 9.59 Å². The molecule has 0 saturated heterocycles. The summed E-state index contributed by atoms with van der Waals surface area (Å²) in [7, 11) is 1.48. The molecule has 0 unspecified atom stereocenters. The number of rotatable bonds is 5. The van der Waals surface area contributed by atoms with Gasteiger partial charge in [0, 0.05) is 10.9 Å². The van der Waals surface area contributed by atoms with Gasteiger partial charge >= 0.3 is 5.97 Å². The SMILES string of the molecule is CCOC(=O)c1cc2cc(C=O)c(C3CCC3)cc2nc1OC. The molecule has 1 aliphatic rings. The van der Waals surface area contributed by atoms with Crippen molar-refractivity contribution in [3.63, 3.8) is 0 Å². The maximum atomic E-state index is 12.0. The molecule has 1 aromatic heterocycles. The Morgan fingerprint density at radius 2 is 2.13 bits per heavy atom. The van der Waals surface area contributed by atoms with Crippen LogP contribution in [0.25, 0.3) is 10.9 Å². The van der Waals surface area contributed by atoms with Crippen molar-refractivity contribution < 1.29 is 19.1 Å². The number of ether oxygens (including phenoxy) is 2. The van der Waals surface area contributed by atoms with Crippen LogP contribution in [0.2, 0.25) is 0 Å². The van der Waals surface area contributed by atoms with Crippen molar-refractivity contribution in [2.75, 3.05) is 13.7 Å². The maximum absolute atomic E-state index is 12.0. The fourth-order valence-corrected chi connectivity index (χ4v) is 2.92. The van der Waals surface area contributed by atoms with E-state index in [0.717, 1.165) is 35.6 Å². The normalized spacial score (nSPS) is 14.3. The summed E-state index contributed by atoms with van der Waals surface area (Å²) in [6.07, 6.45) is 4.27. The fourth-order valence-electron chi connectivity index (χ4n) is 2.92. The van der Waals surface area contributed by atoms with Crippen LogP contribution in [0, 0.1) is 0 Å². The first kappa shape index (κ1) is 15.5. The molecule has 1 aromatic carbocycles. The summed E-state index contributed by atoms with van der Waals surface area (Å²) in [5, 5.41) is 0.735. The second-order valence-corrected chi connectivity index (χ2v) is 5.69. The second kappa shape index (κ2) is 6.36. The van der Waals surface area contributed by atoms with Gasteiger partial charge in [-0.1, -0.05) is 6.42 Å². The molecule has 3 rings (SSSR count). The van der Waals surface area contributed by atoms with Gasteiger partial charge < -0.3 is 9.47 Å². The lowest BCUT2D eigenvalue weighted by molar-refractivity contribution is 0.0522. The van der Waals surface area contributed by atoms with Crippen LogP contribution in [0.3, 0.4) is 0 Å². The average molecular weight is 313 g/mol. The van der Waals surface area contributed by atoms with Gasteiger partial charge in [0.1, 0.15) is 11.8 Å². The Morgan fingerprint density at radius 3 is 2.70 bits per heavy atom. The number of aromatic nitrogens is 1. The molecule has 5 nitrogen and oxygen atoms in total. The summed E-state index contributed by atoms with van der Waals surface area (Å²) in [4.78, 5) is 27.9. The summed E-state index contributed by atoms with van der Waals surface area (Å²) in [5.41, 5.74) is 2.71. The van der Waals surface area contributed by atoms with E-state index in [0.29, 0.717) is 11.5 Å². The Morgan fingerprint density at radius 1 is 1.35 bits per heavy atom. The van der Waals surface area contributed by atoms with Crippen molar-refractivity contribution in [2.24, 2.45) is 0 Å². The Labute approximate surface area is 134 Å². The molecule has 0 amide bonds. The molecule has 1 aliphatic carbocycles. The minimum atomic E-state index is -0.477. The molecule has 0 bridgehead atoms. The highest BCUT2D eigenvalue weighted by molar-refractivity contribution is 5.98. The highest BCUT2D eigenvalue weighted by atomic mass is 16.5. The molecule has 0 aliphatic heterocycles. The van der Waals surface area contributed by atoms with Crippen LogP contribution in [-0.2, 0) is 4.74 Å². The van der Waals surface area contributed by atoms with E-state index in [2.05, 4.69) is 4.98 Å². The summed E-state index contributed by atoms with van der Waals surface area (Å²) in [6.45, 7) is 2.02. The number of carbonyl (C=O) groups is 2. The third-order valence-corrected chi connectivity index (χ3v) is 4.35. The van der Waals surface area contributed by atoms with Gasteiger partial charge in [-0.3, -0.25) is 4.79 Å². The van der Waals surface area contributed by atoms with E-state index in [1.165, 1.54) is 13.5 Å². The van der Waals surface area contributed by atoms with Crippen LogP contribution >= 0.6 is 0 Å². The molecule has 0 radical (unpaired) electrons. The van der Waals surface area contributed by atoms with Gasteiger partial charge in [0.2, 0.25) is 5.88 Å². The summed E-state index contributed by atoms with van der Waals surface area (Å²) in [6, 6.07) is 5.42. The van der Waals surface area contributed by atoms with E-state index in [1.807, 2.05) is 6.07 Å². The highest BCUT2D eigenvalue weighted by Crippen LogP contribution is 2.39. The zero-order valence-corrected chi connectivity index (χ0v) is 13.3. The fraction of sp³-hybridized carbons (Fsp3) is 0.389. The number of esters is 1. The molecule has 0 N–H and O–H groups in total. The average Bonchev–Trinajstić information content (AvgIpc) is 2.51. The van der Waals surface area contributed by atoms with Crippen LogP contribution in [0.15, 0.2) is 18.2 Å². The van der Waals surface area contributed by atoms with Crippen LogP contribution in [0.4, 0.5) is 0 Å². The molecule has 2 aromatic rings. The number of aldehydes is 1. The highest BCUT2D eigenvalue weighted by Gasteiger charge is 2.24. The van der Waals surface area contributed by atoms with Gasteiger partial charge in [-0.2, -0.15) is 0 Å². The number of hydrogen-bond donors (Lipinski definition) is 0. The van der Waals surface area contributed by atoms with Crippen molar-refractivity contribution in [1.82, 2.24) is 4.98 Å². The first-order chi connectivity index (χ1) is 11.2. The lowest BCUT2D eigenvalue weighted by atomic mass is 9.78. The van der Waals surface area contributed by atoms with Crippen LogP contribution in [0.1, 0.15) is 58.4 Å². The summed E-state index contributed by atoms with van der Waals surface area (Å²) < 4.78 is 10.3. The number of carbonyl (C=O) groups excluding carboxylic acids is 2. The van der Waals surface area contributed by atoms with Gasteiger partial charge in [-0.25, -0.2) is 9.78 Å². The third-order valence-electron chi connectivity index (χ3n) is 4.35. The molecular weight excluding hydrogens is 294 g/mol. The Bertz CT molecular complexity index is 765. The quantitative estimate of drug-likeness (QED) is 0.624. The monoisotopic (exact) mass is 313 g/mol. The van der Waals surface area contributed by atoms with Crippen molar-refractivity contribution in [1.29, 1.82) is 0 Å². The third kappa shape index (κ3) is 2.79. The van der Waals surface area contributed by atoms with Gasteiger partial charge in [0.15, 0.2) is 0 Å². The number of fused-ring (bicyclic) bond motifs is 1. The molecule has 23 heavy (non-hydrogen) atoms. The Hall–Kier alpha value is -2.43. The van der Waals surface area contributed by atoms with Gasteiger partial charge in [0.25, 0.3) is 0 Å². The van der Waals surface area contributed by atoms with Crippen molar-refractivity contribution in [3.05, 3.63) is 34.9 Å². The number of benzene rings is 1. The smallest absolute Gasteiger partial charge is 0.343 e. The maximum Gasteiger partial charge on any atom is 0.343 e.